The number of hydrogen-bond donors (Lipinski definition) is 2. The third-order valence-corrected chi connectivity index (χ3v) is 5.11. The predicted molar refractivity (Wildman–Crippen MR) is 87.0 cm³/mol. The van der Waals surface area contributed by atoms with E-state index in [-0.39, 0.29) is 23.9 Å². The highest BCUT2D eigenvalue weighted by atomic mass is 32.1. The molecule has 0 aromatic carbocycles. The lowest BCUT2D eigenvalue weighted by Crippen LogP contribution is -2.50. The number of hydrogen-bond acceptors (Lipinski definition) is 3. The van der Waals surface area contributed by atoms with E-state index in [0.29, 0.717) is 19.1 Å². The van der Waals surface area contributed by atoms with Gasteiger partial charge in [0.15, 0.2) is 0 Å². The molecule has 1 aliphatic heterocycles. The molecule has 3 amide bonds. The molecule has 2 aliphatic rings. The molecule has 0 spiro atoms. The van der Waals surface area contributed by atoms with Gasteiger partial charge in [0.25, 0.3) is 0 Å². The molecule has 2 atom stereocenters. The molecule has 22 heavy (non-hydrogen) atoms. The molecular formula is C16H23N3O2S. The first-order valence-corrected chi connectivity index (χ1v) is 8.96. The Kier molecular flexibility index (Phi) is 4.66. The standard InChI is InChI=1S/C16H23N3O2S/c1-11(12-6-8-22-10-12)9-17-16(21)19-7-2-3-14(19)15(20)18-13-4-5-13/h6,8,10-11,13-14H,2-5,7,9H2,1H3,(H,17,21)(H,18,20). The zero-order valence-corrected chi connectivity index (χ0v) is 13.7. The van der Waals surface area contributed by atoms with Crippen molar-refractivity contribution in [2.24, 2.45) is 0 Å². The van der Waals surface area contributed by atoms with E-state index in [1.807, 2.05) is 5.38 Å². The number of nitrogens with zero attached hydrogens (tertiary/aromatic N) is 1. The van der Waals surface area contributed by atoms with Crippen molar-refractivity contribution in [3.8, 4) is 0 Å². The van der Waals surface area contributed by atoms with Crippen LogP contribution in [0.15, 0.2) is 16.8 Å². The minimum absolute atomic E-state index is 0.0148. The predicted octanol–water partition coefficient (Wildman–Crippen LogP) is 2.30. The molecule has 1 aromatic heterocycles. The maximum atomic E-state index is 12.4. The van der Waals surface area contributed by atoms with Crippen molar-refractivity contribution in [1.82, 2.24) is 15.5 Å². The van der Waals surface area contributed by atoms with E-state index >= 15 is 0 Å². The Bertz CT molecular complexity index is 528. The van der Waals surface area contributed by atoms with Crippen molar-refractivity contribution in [2.45, 2.75) is 50.6 Å². The second-order valence-corrected chi connectivity index (χ2v) is 7.06. The minimum atomic E-state index is -0.294. The molecule has 2 unspecified atom stereocenters. The van der Waals surface area contributed by atoms with Crippen molar-refractivity contribution < 1.29 is 9.59 Å². The van der Waals surface area contributed by atoms with Crippen LogP contribution in [-0.2, 0) is 4.79 Å². The van der Waals surface area contributed by atoms with Crippen LogP contribution in [0.2, 0.25) is 0 Å². The van der Waals surface area contributed by atoms with Crippen molar-refractivity contribution >= 4 is 23.3 Å². The second kappa shape index (κ2) is 6.69. The second-order valence-electron chi connectivity index (χ2n) is 6.28. The molecule has 120 valence electrons. The van der Waals surface area contributed by atoms with Gasteiger partial charge in [0.05, 0.1) is 0 Å². The number of rotatable bonds is 5. The Morgan fingerprint density at radius 2 is 2.23 bits per heavy atom. The third kappa shape index (κ3) is 3.61. The summed E-state index contributed by atoms with van der Waals surface area (Å²) < 4.78 is 0. The molecule has 5 nitrogen and oxygen atoms in total. The largest absolute Gasteiger partial charge is 0.352 e. The zero-order chi connectivity index (χ0) is 15.5. The summed E-state index contributed by atoms with van der Waals surface area (Å²) in [5, 5.41) is 10.1. The first kappa shape index (κ1) is 15.3. The monoisotopic (exact) mass is 321 g/mol. The first-order chi connectivity index (χ1) is 10.6. The van der Waals surface area contributed by atoms with Gasteiger partial charge in [-0.1, -0.05) is 6.92 Å². The molecule has 1 aliphatic carbocycles. The van der Waals surface area contributed by atoms with Gasteiger partial charge in [0, 0.05) is 19.1 Å². The Morgan fingerprint density at radius 3 is 2.91 bits per heavy atom. The van der Waals surface area contributed by atoms with E-state index in [2.05, 4.69) is 29.0 Å². The van der Waals surface area contributed by atoms with Crippen LogP contribution < -0.4 is 10.6 Å². The smallest absolute Gasteiger partial charge is 0.318 e. The van der Waals surface area contributed by atoms with Gasteiger partial charge in [0.1, 0.15) is 6.04 Å². The molecule has 0 bridgehead atoms. The average molecular weight is 321 g/mol. The summed E-state index contributed by atoms with van der Waals surface area (Å²) in [6, 6.07) is 2.02. The highest BCUT2D eigenvalue weighted by Gasteiger charge is 2.36. The fourth-order valence-electron chi connectivity index (χ4n) is 2.82. The SMILES string of the molecule is CC(CNC(=O)N1CCCC1C(=O)NC1CC1)c1ccsc1. The highest BCUT2D eigenvalue weighted by Crippen LogP contribution is 2.23. The van der Waals surface area contributed by atoms with Crippen LogP contribution in [0.4, 0.5) is 4.79 Å². The topological polar surface area (TPSA) is 61.4 Å². The number of nitrogens with one attached hydrogen (secondary N) is 2. The van der Waals surface area contributed by atoms with Crippen LogP contribution >= 0.6 is 11.3 Å². The molecule has 2 fully saturated rings. The lowest BCUT2D eigenvalue weighted by atomic mass is 10.1. The molecule has 1 saturated carbocycles. The molecule has 2 N–H and O–H groups in total. The Balaban J connectivity index is 1.50. The van der Waals surface area contributed by atoms with E-state index in [1.54, 1.807) is 16.2 Å². The fraction of sp³-hybridized carbons (Fsp3) is 0.625. The lowest BCUT2D eigenvalue weighted by molar-refractivity contribution is -0.124. The van der Waals surface area contributed by atoms with Gasteiger partial charge in [-0.2, -0.15) is 11.3 Å². The fourth-order valence-corrected chi connectivity index (χ4v) is 3.60. The summed E-state index contributed by atoms with van der Waals surface area (Å²) in [5.41, 5.74) is 1.25. The van der Waals surface area contributed by atoms with Gasteiger partial charge in [-0.05, 0) is 54.0 Å². The summed E-state index contributed by atoms with van der Waals surface area (Å²) in [6.07, 6.45) is 3.81. The average Bonchev–Trinajstić information content (AvgIpc) is 3.00. The summed E-state index contributed by atoms with van der Waals surface area (Å²) in [6.45, 7) is 3.37. The number of carbonyl (C=O) groups excluding carboxylic acids is 2. The number of likely N-dealkylation sites (tertiary alicyclic amines) is 1. The van der Waals surface area contributed by atoms with Gasteiger partial charge in [-0.25, -0.2) is 4.79 Å². The normalized spacial score (nSPS) is 22.4. The minimum Gasteiger partial charge on any atom is -0.352 e. The van der Waals surface area contributed by atoms with Crippen molar-refractivity contribution in [3.63, 3.8) is 0 Å². The van der Waals surface area contributed by atoms with E-state index in [0.717, 1.165) is 25.7 Å². The lowest BCUT2D eigenvalue weighted by Gasteiger charge is -2.25. The molecule has 1 aromatic rings. The van der Waals surface area contributed by atoms with E-state index in [4.69, 9.17) is 0 Å². The maximum Gasteiger partial charge on any atom is 0.318 e. The van der Waals surface area contributed by atoms with Crippen LogP contribution in [0, 0.1) is 0 Å². The Labute approximate surface area is 135 Å². The van der Waals surface area contributed by atoms with Crippen LogP contribution in [0.25, 0.3) is 0 Å². The van der Waals surface area contributed by atoms with Crippen LogP contribution in [0.5, 0.6) is 0 Å². The molecule has 6 heteroatoms. The Hall–Kier alpha value is -1.56. The van der Waals surface area contributed by atoms with E-state index in [1.165, 1.54) is 5.56 Å². The van der Waals surface area contributed by atoms with E-state index in [9.17, 15) is 9.59 Å². The highest BCUT2D eigenvalue weighted by molar-refractivity contribution is 7.07. The molecule has 0 radical (unpaired) electrons. The first-order valence-electron chi connectivity index (χ1n) is 8.02. The molecule has 1 saturated heterocycles. The van der Waals surface area contributed by atoms with Crippen LogP contribution in [-0.4, -0.2) is 42.0 Å². The third-order valence-electron chi connectivity index (χ3n) is 4.41. The summed E-state index contributed by atoms with van der Waals surface area (Å²) in [5.74, 6) is 0.303. The van der Waals surface area contributed by atoms with Crippen molar-refractivity contribution in [2.75, 3.05) is 13.1 Å². The number of thiophene rings is 1. The van der Waals surface area contributed by atoms with Gasteiger partial charge >= 0.3 is 6.03 Å². The van der Waals surface area contributed by atoms with Gasteiger partial charge in [-0.3, -0.25) is 4.79 Å². The number of carbonyl (C=O) groups is 2. The number of urea groups is 1. The molecule has 3 rings (SSSR count). The van der Waals surface area contributed by atoms with Crippen LogP contribution in [0.1, 0.15) is 44.1 Å². The Morgan fingerprint density at radius 1 is 1.41 bits per heavy atom. The van der Waals surface area contributed by atoms with Crippen LogP contribution in [0.3, 0.4) is 0 Å². The summed E-state index contributed by atoms with van der Waals surface area (Å²) in [4.78, 5) is 26.3. The summed E-state index contributed by atoms with van der Waals surface area (Å²) in [7, 11) is 0. The summed E-state index contributed by atoms with van der Waals surface area (Å²) >= 11 is 1.67. The van der Waals surface area contributed by atoms with Crippen molar-refractivity contribution in [1.29, 1.82) is 0 Å². The molecule has 2 heterocycles. The van der Waals surface area contributed by atoms with Gasteiger partial charge in [0.2, 0.25) is 5.91 Å². The zero-order valence-electron chi connectivity index (χ0n) is 12.9. The quantitative estimate of drug-likeness (QED) is 0.874. The maximum absolute atomic E-state index is 12.4. The number of amides is 3. The van der Waals surface area contributed by atoms with Gasteiger partial charge < -0.3 is 15.5 Å². The van der Waals surface area contributed by atoms with Gasteiger partial charge in [-0.15, -0.1) is 0 Å². The van der Waals surface area contributed by atoms with Crippen molar-refractivity contribution in [3.05, 3.63) is 22.4 Å². The molecular weight excluding hydrogens is 298 g/mol. The van der Waals surface area contributed by atoms with E-state index < -0.39 is 0 Å².